The lowest BCUT2D eigenvalue weighted by molar-refractivity contribution is 0.0968. The fourth-order valence-corrected chi connectivity index (χ4v) is 2.12. The third kappa shape index (κ3) is 1.30. The highest BCUT2D eigenvalue weighted by Gasteiger charge is 2.26. The molecule has 1 aliphatic carbocycles. The highest BCUT2D eigenvalue weighted by molar-refractivity contribution is 6.02. The van der Waals surface area contributed by atoms with Crippen LogP contribution in [0.3, 0.4) is 0 Å². The number of rotatable bonds is 0. The third-order valence-electron chi connectivity index (χ3n) is 3.21. The van der Waals surface area contributed by atoms with Gasteiger partial charge in [0.05, 0.1) is 5.56 Å². The predicted molar refractivity (Wildman–Crippen MR) is 56.5 cm³/mol. The molecule has 1 aromatic carbocycles. The van der Waals surface area contributed by atoms with Crippen molar-refractivity contribution < 1.29 is 15.0 Å². The van der Waals surface area contributed by atoms with Crippen LogP contribution in [0.15, 0.2) is 0 Å². The van der Waals surface area contributed by atoms with Gasteiger partial charge in [-0.25, -0.2) is 0 Å². The number of phenolic OH excluding ortho intramolecular Hbond substituents is 2. The van der Waals surface area contributed by atoms with Crippen molar-refractivity contribution in [2.45, 2.75) is 33.1 Å². The number of fused-ring (bicyclic) bond motifs is 1. The molecule has 0 heterocycles. The Hall–Kier alpha value is -1.51. The van der Waals surface area contributed by atoms with E-state index in [0.29, 0.717) is 35.1 Å². The molecule has 0 unspecified atom stereocenters. The highest BCUT2D eigenvalue weighted by Crippen LogP contribution is 2.40. The number of aromatic hydroxyl groups is 2. The molecule has 1 aromatic rings. The standard InChI is InChI=1S/C12H14O3/c1-6-7(2)12(15)10-8(11(6)14)4-3-5-9(10)13/h14-15H,3-5H2,1-2H3. The summed E-state index contributed by atoms with van der Waals surface area (Å²) >= 11 is 0. The Morgan fingerprint density at radius 3 is 2.27 bits per heavy atom. The second-order valence-corrected chi connectivity index (χ2v) is 4.08. The SMILES string of the molecule is Cc1c(C)c(O)c2c(c1O)CCCC2=O. The van der Waals surface area contributed by atoms with Crippen molar-refractivity contribution in [2.24, 2.45) is 0 Å². The molecule has 0 spiro atoms. The molecule has 80 valence electrons. The average molecular weight is 206 g/mol. The van der Waals surface area contributed by atoms with Crippen molar-refractivity contribution in [3.63, 3.8) is 0 Å². The van der Waals surface area contributed by atoms with Gasteiger partial charge in [0, 0.05) is 12.0 Å². The molecule has 0 atom stereocenters. The maximum absolute atomic E-state index is 11.7. The van der Waals surface area contributed by atoms with E-state index in [0.717, 1.165) is 6.42 Å². The minimum atomic E-state index is -0.0628. The number of carbonyl (C=O) groups is 1. The van der Waals surface area contributed by atoms with Crippen LogP contribution in [-0.4, -0.2) is 16.0 Å². The van der Waals surface area contributed by atoms with E-state index in [-0.39, 0.29) is 17.3 Å². The molecule has 1 aliphatic rings. The molecule has 0 fully saturated rings. The second-order valence-electron chi connectivity index (χ2n) is 4.08. The number of carbonyl (C=O) groups excluding carboxylic acids is 1. The van der Waals surface area contributed by atoms with Crippen molar-refractivity contribution in [1.82, 2.24) is 0 Å². The fraction of sp³-hybridized carbons (Fsp3) is 0.417. The van der Waals surface area contributed by atoms with Crippen LogP contribution in [0.2, 0.25) is 0 Å². The van der Waals surface area contributed by atoms with Crippen molar-refractivity contribution in [3.05, 3.63) is 22.3 Å². The van der Waals surface area contributed by atoms with Gasteiger partial charge in [0.1, 0.15) is 11.5 Å². The fourth-order valence-electron chi connectivity index (χ4n) is 2.12. The highest BCUT2D eigenvalue weighted by atomic mass is 16.3. The van der Waals surface area contributed by atoms with Gasteiger partial charge in [-0.2, -0.15) is 0 Å². The largest absolute Gasteiger partial charge is 0.507 e. The van der Waals surface area contributed by atoms with Gasteiger partial charge in [-0.15, -0.1) is 0 Å². The maximum Gasteiger partial charge on any atom is 0.167 e. The van der Waals surface area contributed by atoms with Crippen LogP contribution in [0.4, 0.5) is 0 Å². The number of hydrogen-bond acceptors (Lipinski definition) is 3. The van der Waals surface area contributed by atoms with E-state index >= 15 is 0 Å². The number of benzene rings is 1. The Morgan fingerprint density at radius 2 is 1.60 bits per heavy atom. The van der Waals surface area contributed by atoms with Crippen LogP contribution < -0.4 is 0 Å². The van der Waals surface area contributed by atoms with E-state index in [9.17, 15) is 15.0 Å². The first-order valence-corrected chi connectivity index (χ1v) is 5.11. The van der Waals surface area contributed by atoms with Crippen LogP contribution in [0.5, 0.6) is 11.5 Å². The number of ketones is 1. The van der Waals surface area contributed by atoms with E-state index in [2.05, 4.69) is 0 Å². The summed E-state index contributed by atoms with van der Waals surface area (Å²) in [6.07, 6.45) is 1.88. The van der Waals surface area contributed by atoms with Crippen molar-refractivity contribution in [3.8, 4) is 11.5 Å². The van der Waals surface area contributed by atoms with E-state index in [4.69, 9.17) is 0 Å². The monoisotopic (exact) mass is 206 g/mol. The topological polar surface area (TPSA) is 57.5 Å². The molecule has 0 radical (unpaired) electrons. The summed E-state index contributed by atoms with van der Waals surface area (Å²) in [5.74, 6) is 0.158. The lowest BCUT2D eigenvalue weighted by Gasteiger charge is -2.20. The van der Waals surface area contributed by atoms with E-state index in [1.807, 2.05) is 0 Å². The third-order valence-corrected chi connectivity index (χ3v) is 3.21. The zero-order valence-electron chi connectivity index (χ0n) is 8.92. The molecule has 0 amide bonds. The molecule has 3 heteroatoms. The smallest absolute Gasteiger partial charge is 0.167 e. The molecule has 3 nitrogen and oxygen atoms in total. The van der Waals surface area contributed by atoms with Gasteiger partial charge in [-0.3, -0.25) is 4.79 Å². The van der Waals surface area contributed by atoms with Gasteiger partial charge in [0.25, 0.3) is 0 Å². The first kappa shape index (κ1) is 10.0. The van der Waals surface area contributed by atoms with Gasteiger partial charge in [-0.1, -0.05) is 0 Å². The Morgan fingerprint density at radius 1 is 1.00 bits per heavy atom. The van der Waals surface area contributed by atoms with Gasteiger partial charge < -0.3 is 10.2 Å². The van der Waals surface area contributed by atoms with Crippen molar-refractivity contribution in [1.29, 1.82) is 0 Å². The molecular formula is C12H14O3. The molecule has 0 aliphatic heterocycles. The van der Waals surface area contributed by atoms with Crippen LogP contribution in [0.25, 0.3) is 0 Å². The number of hydrogen-bond donors (Lipinski definition) is 2. The van der Waals surface area contributed by atoms with Gasteiger partial charge >= 0.3 is 0 Å². The minimum absolute atomic E-state index is 0.0463. The molecule has 15 heavy (non-hydrogen) atoms. The zero-order valence-corrected chi connectivity index (χ0v) is 8.92. The van der Waals surface area contributed by atoms with Crippen LogP contribution in [0, 0.1) is 13.8 Å². The summed E-state index contributed by atoms with van der Waals surface area (Å²) in [5.41, 5.74) is 2.22. The number of Topliss-reactive ketones (excluding diaryl/α,β-unsaturated/α-hetero) is 1. The summed E-state index contributed by atoms with van der Waals surface area (Å²) in [6, 6.07) is 0. The molecular weight excluding hydrogens is 192 g/mol. The van der Waals surface area contributed by atoms with Crippen LogP contribution in [0.1, 0.15) is 39.9 Å². The van der Waals surface area contributed by atoms with Gasteiger partial charge in [0.2, 0.25) is 0 Å². The van der Waals surface area contributed by atoms with Crippen LogP contribution in [-0.2, 0) is 6.42 Å². The first-order chi connectivity index (χ1) is 7.04. The summed E-state index contributed by atoms with van der Waals surface area (Å²) in [7, 11) is 0. The lowest BCUT2D eigenvalue weighted by atomic mass is 9.86. The second kappa shape index (κ2) is 3.26. The van der Waals surface area contributed by atoms with Crippen LogP contribution >= 0.6 is 0 Å². The molecule has 0 aromatic heterocycles. The molecule has 2 N–H and O–H groups in total. The molecule has 0 saturated heterocycles. The van der Waals surface area contributed by atoms with Gasteiger partial charge in [0.15, 0.2) is 5.78 Å². The lowest BCUT2D eigenvalue weighted by Crippen LogP contribution is -2.12. The quantitative estimate of drug-likeness (QED) is 0.640. The normalized spacial score (nSPS) is 15.2. The molecule has 2 rings (SSSR count). The minimum Gasteiger partial charge on any atom is -0.507 e. The Balaban J connectivity index is 2.80. The Labute approximate surface area is 88.4 Å². The molecule has 0 saturated carbocycles. The summed E-state index contributed by atoms with van der Waals surface area (Å²) in [4.78, 5) is 11.7. The Kier molecular flexibility index (Phi) is 2.18. The van der Waals surface area contributed by atoms with Crippen molar-refractivity contribution >= 4 is 5.78 Å². The summed E-state index contributed by atoms with van der Waals surface area (Å²) < 4.78 is 0. The molecule has 0 bridgehead atoms. The van der Waals surface area contributed by atoms with E-state index < -0.39 is 0 Å². The zero-order chi connectivity index (χ0) is 11.2. The van der Waals surface area contributed by atoms with E-state index in [1.165, 1.54) is 0 Å². The first-order valence-electron chi connectivity index (χ1n) is 5.11. The number of phenols is 2. The average Bonchev–Trinajstić information content (AvgIpc) is 2.23. The maximum atomic E-state index is 11.7. The predicted octanol–water partition coefficient (Wildman–Crippen LogP) is 2.23. The van der Waals surface area contributed by atoms with E-state index in [1.54, 1.807) is 13.8 Å². The Bertz CT molecular complexity index is 447. The van der Waals surface area contributed by atoms with Crippen molar-refractivity contribution in [2.75, 3.05) is 0 Å². The summed E-state index contributed by atoms with van der Waals surface area (Å²) in [6.45, 7) is 3.47. The summed E-state index contributed by atoms with van der Waals surface area (Å²) in [5, 5.41) is 19.8. The van der Waals surface area contributed by atoms with Gasteiger partial charge in [-0.05, 0) is 37.8 Å².